The van der Waals surface area contributed by atoms with E-state index in [2.05, 4.69) is 10.3 Å². The van der Waals surface area contributed by atoms with Crippen molar-refractivity contribution in [3.63, 3.8) is 0 Å². The second kappa shape index (κ2) is 9.32. The average molecular weight is 350 g/mol. The first kappa shape index (κ1) is 17.5. The molecule has 2 aromatic rings. The van der Waals surface area contributed by atoms with Gasteiger partial charge in [-0.3, -0.25) is 9.59 Å². The number of carbonyl (C=O) groups is 2. The summed E-state index contributed by atoms with van der Waals surface area (Å²) in [6, 6.07) is 9.33. The Kier molecular flexibility index (Phi) is 7.09. The first-order chi connectivity index (χ1) is 11.2. The molecule has 1 aromatic carbocycles. The van der Waals surface area contributed by atoms with Crippen molar-refractivity contribution in [1.29, 1.82) is 0 Å². The number of thiazole rings is 1. The number of anilines is 1. The normalized spacial score (nSPS) is 10.3. The van der Waals surface area contributed by atoms with Gasteiger partial charge in [-0.15, -0.1) is 23.1 Å². The molecule has 0 aliphatic rings. The Morgan fingerprint density at radius 1 is 1.30 bits per heavy atom. The van der Waals surface area contributed by atoms with Gasteiger partial charge in [0.25, 0.3) is 0 Å². The molecule has 0 aliphatic carbocycles. The van der Waals surface area contributed by atoms with E-state index in [-0.39, 0.29) is 18.3 Å². The monoisotopic (exact) mass is 350 g/mol. The molecule has 5 nitrogen and oxygen atoms in total. The number of carbonyl (C=O) groups excluding carboxylic acids is 2. The van der Waals surface area contributed by atoms with Crippen LogP contribution < -0.4 is 5.32 Å². The van der Waals surface area contributed by atoms with Gasteiger partial charge < -0.3 is 10.1 Å². The zero-order valence-electron chi connectivity index (χ0n) is 12.8. The molecule has 1 amide bonds. The third kappa shape index (κ3) is 6.42. The standard InChI is InChI=1S/C16H18N2O3S2/c1-2-21-16(20)11-22-9-13-10-23-15(18-13)8-14(19)17-12-6-4-3-5-7-12/h3-7,10H,2,8-9,11H2,1H3,(H,17,19). The number of nitrogens with zero attached hydrogens (tertiary/aromatic N) is 1. The van der Waals surface area contributed by atoms with Crippen LogP contribution in [-0.2, 0) is 26.5 Å². The second-order valence-electron chi connectivity index (χ2n) is 4.62. The van der Waals surface area contributed by atoms with Crippen LogP contribution in [0.15, 0.2) is 35.7 Å². The van der Waals surface area contributed by atoms with E-state index < -0.39 is 0 Å². The lowest BCUT2D eigenvalue weighted by molar-refractivity contribution is -0.139. The number of esters is 1. The molecular formula is C16H18N2O3S2. The summed E-state index contributed by atoms with van der Waals surface area (Å²) in [4.78, 5) is 27.6. The van der Waals surface area contributed by atoms with Gasteiger partial charge in [0.1, 0.15) is 5.01 Å². The van der Waals surface area contributed by atoms with Gasteiger partial charge in [0.2, 0.25) is 5.91 Å². The topological polar surface area (TPSA) is 68.3 Å². The molecule has 2 rings (SSSR count). The van der Waals surface area contributed by atoms with Gasteiger partial charge in [-0.05, 0) is 19.1 Å². The zero-order valence-corrected chi connectivity index (χ0v) is 14.4. The summed E-state index contributed by atoms with van der Waals surface area (Å²) in [5, 5.41) is 5.52. The molecule has 23 heavy (non-hydrogen) atoms. The molecule has 0 unspecified atom stereocenters. The van der Waals surface area contributed by atoms with E-state index in [1.54, 1.807) is 6.92 Å². The zero-order chi connectivity index (χ0) is 16.5. The van der Waals surface area contributed by atoms with Crippen LogP contribution in [0.3, 0.4) is 0 Å². The first-order valence-electron chi connectivity index (χ1n) is 7.19. The summed E-state index contributed by atoms with van der Waals surface area (Å²) in [5.74, 6) is 0.650. The number of hydrogen-bond acceptors (Lipinski definition) is 6. The van der Waals surface area contributed by atoms with Crippen molar-refractivity contribution in [3.8, 4) is 0 Å². The van der Waals surface area contributed by atoms with Crippen molar-refractivity contribution in [1.82, 2.24) is 4.98 Å². The van der Waals surface area contributed by atoms with Crippen LogP contribution in [0, 0.1) is 0 Å². The van der Waals surface area contributed by atoms with Crippen molar-refractivity contribution in [2.45, 2.75) is 19.1 Å². The highest BCUT2D eigenvalue weighted by atomic mass is 32.2. The van der Waals surface area contributed by atoms with E-state index in [9.17, 15) is 9.59 Å². The molecule has 0 bridgehead atoms. The van der Waals surface area contributed by atoms with Gasteiger partial charge in [-0.25, -0.2) is 4.98 Å². The summed E-state index contributed by atoms with van der Waals surface area (Å²) < 4.78 is 4.86. The van der Waals surface area contributed by atoms with Gasteiger partial charge in [0.05, 0.1) is 24.5 Å². The highest BCUT2D eigenvalue weighted by Gasteiger charge is 2.09. The highest BCUT2D eigenvalue weighted by molar-refractivity contribution is 7.99. The maximum absolute atomic E-state index is 12.0. The van der Waals surface area contributed by atoms with Crippen LogP contribution in [0.1, 0.15) is 17.6 Å². The highest BCUT2D eigenvalue weighted by Crippen LogP contribution is 2.17. The van der Waals surface area contributed by atoms with Crippen molar-refractivity contribution in [2.75, 3.05) is 17.7 Å². The Morgan fingerprint density at radius 2 is 2.09 bits per heavy atom. The number of benzene rings is 1. The van der Waals surface area contributed by atoms with Crippen LogP contribution in [0.25, 0.3) is 0 Å². The Balaban J connectivity index is 1.76. The number of rotatable bonds is 8. The molecule has 0 saturated heterocycles. The van der Waals surface area contributed by atoms with Crippen molar-refractivity contribution in [2.24, 2.45) is 0 Å². The average Bonchev–Trinajstić information content (AvgIpc) is 2.95. The lowest BCUT2D eigenvalue weighted by Crippen LogP contribution is -2.14. The molecular weight excluding hydrogens is 332 g/mol. The SMILES string of the molecule is CCOC(=O)CSCc1csc(CC(=O)Nc2ccccc2)n1. The van der Waals surface area contributed by atoms with Gasteiger partial charge in [-0.2, -0.15) is 0 Å². The molecule has 122 valence electrons. The second-order valence-corrected chi connectivity index (χ2v) is 6.55. The smallest absolute Gasteiger partial charge is 0.315 e. The lowest BCUT2D eigenvalue weighted by Gasteiger charge is -2.03. The number of para-hydroxylation sites is 1. The van der Waals surface area contributed by atoms with Crippen LogP contribution in [0.2, 0.25) is 0 Å². The van der Waals surface area contributed by atoms with E-state index >= 15 is 0 Å². The minimum atomic E-state index is -0.213. The van der Waals surface area contributed by atoms with Gasteiger partial charge in [0.15, 0.2) is 0 Å². The molecule has 0 aliphatic heterocycles. The van der Waals surface area contributed by atoms with Crippen LogP contribution in [0.5, 0.6) is 0 Å². The number of ether oxygens (including phenoxy) is 1. The summed E-state index contributed by atoms with van der Waals surface area (Å²) >= 11 is 2.91. The maximum Gasteiger partial charge on any atom is 0.315 e. The minimum absolute atomic E-state index is 0.0868. The van der Waals surface area contributed by atoms with E-state index in [1.165, 1.54) is 23.1 Å². The van der Waals surface area contributed by atoms with Gasteiger partial charge in [0, 0.05) is 16.8 Å². The van der Waals surface area contributed by atoms with E-state index in [1.807, 2.05) is 35.7 Å². The van der Waals surface area contributed by atoms with Gasteiger partial charge >= 0.3 is 5.97 Å². The number of amides is 1. The van der Waals surface area contributed by atoms with Crippen molar-refractivity contribution < 1.29 is 14.3 Å². The Morgan fingerprint density at radius 3 is 2.83 bits per heavy atom. The Hall–Kier alpha value is -1.86. The fourth-order valence-corrected chi connectivity index (χ4v) is 3.41. The number of hydrogen-bond donors (Lipinski definition) is 1. The molecule has 0 atom stereocenters. The lowest BCUT2D eigenvalue weighted by atomic mass is 10.3. The van der Waals surface area contributed by atoms with E-state index in [4.69, 9.17) is 4.74 Å². The molecule has 1 N–H and O–H groups in total. The summed E-state index contributed by atoms with van der Waals surface area (Å²) in [5.41, 5.74) is 1.66. The number of nitrogens with one attached hydrogen (secondary N) is 1. The fraction of sp³-hybridized carbons (Fsp3) is 0.312. The largest absolute Gasteiger partial charge is 0.465 e. The summed E-state index contributed by atoms with van der Waals surface area (Å²) in [6.45, 7) is 2.19. The Bertz CT molecular complexity index is 644. The van der Waals surface area contributed by atoms with Crippen LogP contribution in [0.4, 0.5) is 5.69 Å². The predicted octanol–water partition coefficient (Wildman–Crippen LogP) is 3.12. The molecule has 0 fully saturated rings. The van der Waals surface area contributed by atoms with Crippen molar-refractivity contribution >= 4 is 40.7 Å². The first-order valence-corrected chi connectivity index (χ1v) is 9.22. The third-order valence-electron chi connectivity index (χ3n) is 2.74. The van der Waals surface area contributed by atoms with E-state index in [0.717, 1.165) is 16.4 Å². The summed E-state index contributed by atoms with van der Waals surface area (Å²) in [7, 11) is 0. The molecule has 1 heterocycles. The summed E-state index contributed by atoms with van der Waals surface area (Å²) in [6.07, 6.45) is 0.252. The number of aromatic nitrogens is 1. The van der Waals surface area contributed by atoms with Crippen molar-refractivity contribution in [3.05, 3.63) is 46.4 Å². The predicted molar refractivity (Wildman–Crippen MR) is 93.7 cm³/mol. The van der Waals surface area contributed by atoms with Gasteiger partial charge in [-0.1, -0.05) is 18.2 Å². The fourth-order valence-electron chi connectivity index (χ4n) is 1.80. The minimum Gasteiger partial charge on any atom is -0.465 e. The Labute approximate surface area is 143 Å². The van der Waals surface area contributed by atoms with E-state index in [0.29, 0.717) is 18.1 Å². The molecule has 0 radical (unpaired) electrons. The maximum atomic E-state index is 12.0. The van der Waals surface area contributed by atoms with Crippen LogP contribution >= 0.6 is 23.1 Å². The quantitative estimate of drug-likeness (QED) is 0.741. The molecule has 0 saturated carbocycles. The third-order valence-corrected chi connectivity index (χ3v) is 4.58. The molecule has 0 spiro atoms. The molecule has 1 aromatic heterocycles. The molecule has 7 heteroatoms. The van der Waals surface area contributed by atoms with Crippen LogP contribution in [-0.4, -0.2) is 29.2 Å². The number of thioether (sulfide) groups is 1.